The van der Waals surface area contributed by atoms with Crippen molar-refractivity contribution in [3.8, 4) is 0 Å². The summed E-state index contributed by atoms with van der Waals surface area (Å²) in [6, 6.07) is 21.8. The highest BCUT2D eigenvalue weighted by molar-refractivity contribution is 7.92. The number of carbonyl (C=O) groups excluding carboxylic acids is 2. The summed E-state index contributed by atoms with van der Waals surface area (Å²) in [5, 5.41) is 3.21. The topological polar surface area (TPSA) is 86.8 Å². The quantitative estimate of drug-likeness (QED) is 0.347. The lowest BCUT2D eigenvalue weighted by molar-refractivity contribution is -0.139. The lowest BCUT2D eigenvalue weighted by Crippen LogP contribution is -2.53. The molecule has 3 aromatic rings. The van der Waals surface area contributed by atoms with Crippen LogP contribution in [0.4, 0.5) is 5.69 Å². The van der Waals surface area contributed by atoms with Gasteiger partial charge in [0.2, 0.25) is 11.8 Å². The Kier molecular flexibility index (Phi) is 10.3. The van der Waals surface area contributed by atoms with Gasteiger partial charge in [-0.1, -0.05) is 67.1 Å². The van der Waals surface area contributed by atoms with E-state index in [0.29, 0.717) is 35.7 Å². The van der Waals surface area contributed by atoms with Gasteiger partial charge in [-0.15, -0.1) is 0 Å². The lowest BCUT2D eigenvalue weighted by atomic mass is 10.1. The number of sulfonamides is 1. The highest BCUT2D eigenvalue weighted by Crippen LogP contribution is 2.28. The van der Waals surface area contributed by atoms with E-state index < -0.39 is 28.5 Å². The number of benzene rings is 3. The first kappa shape index (κ1) is 29.2. The number of hydrogen-bond donors (Lipinski definition) is 1. The third-order valence-corrected chi connectivity index (χ3v) is 8.31. The molecule has 0 spiro atoms. The molecule has 0 saturated heterocycles. The zero-order valence-electron chi connectivity index (χ0n) is 21.9. The fourth-order valence-electron chi connectivity index (χ4n) is 4.28. The fourth-order valence-corrected chi connectivity index (χ4v) is 5.88. The van der Waals surface area contributed by atoms with Crippen molar-refractivity contribution in [2.45, 2.75) is 44.6 Å². The number of nitrogens with one attached hydrogen (secondary N) is 1. The van der Waals surface area contributed by atoms with Crippen molar-refractivity contribution in [3.05, 3.63) is 95.0 Å². The predicted octanol–water partition coefficient (Wildman–Crippen LogP) is 4.83. The Morgan fingerprint density at radius 3 is 2.16 bits per heavy atom. The third kappa shape index (κ3) is 7.14. The fraction of sp³-hybridized carbons (Fsp3) is 0.310. The van der Waals surface area contributed by atoms with Gasteiger partial charge in [0, 0.05) is 18.1 Å². The van der Waals surface area contributed by atoms with E-state index in [-0.39, 0.29) is 17.3 Å². The lowest BCUT2D eigenvalue weighted by Gasteiger charge is -2.33. The average molecular weight is 556 g/mol. The zero-order valence-corrected chi connectivity index (χ0v) is 23.5. The van der Waals surface area contributed by atoms with Gasteiger partial charge in [-0.2, -0.15) is 0 Å². The van der Waals surface area contributed by atoms with Crippen molar-refractivity contribution in [3.63, 3.8) is 0 Å². The minimum Gasteiger partial charge on any atom is -0.355 e. The number of amides is 2. The molecule has 0 saturated carbocycles. The van der Waals surface area contributed by atoms with Crippen LogP contribution < -0.4 is 9.62 Å². The maximum atomic E-state index is 13.9. The van der Waals surface area contributed by atoms with Crippen molar-refractivity contribution in [2.24, 2.45) is 0 Å². The van der Waals surface area contributed by atoms with Gasteiger partial charge >= 0.3 is 0 Å². The van der Waals surface area contributed by atoms with Crippen LogP contribution in [-0.2, 0) is 26.0 Å². The molecule has 0 heterocycles. The van der Waals surface area contributed by atoms with Crippen LogP contribution in [-0.4, -0.2) is 50.8 Å². The normalized spacial score (nSPS) is 12.0. The van der Waals surface area contributed by atoms with E-state index in [1.807, 2.05) is 50.2 Å². The molecule has 1 atom stereocenters. The highest BCUT2D eigenvalue weighted by atomic mass is 35.5. The van der Waals surface area contributed by atoms with Crippen LogP contribution in [0.1, 0.15) is 31.4 Å². The van der Waals surface area contributed by atoms with Crippen molar-refractivity contribution in [1.29, 1.82) is 0 Å². The number of hydrogen-bond acceptors (Lipinski definition) is 4. The van der Waals surface area contributed by atoms with E-state index in [0.717, 1.165) is 9.87 Å². The van der Waals surface area contributed by atoms with Crippen LogP contribution in [0.3, 0.4) is 0 Å². The van der Waals surface area contributed by atoms with Crippen molar-refractivity contribution >= 4 is 39.1 Å². The minimum absolute atomic E-state index is 0.0181. The monoisotopic (exact) mass is 555 g/mol. The number of aryl methyl sites for hydroxylation is 1. The first-order chi connectivity index (χ1) is 18.2. The average Bonchev–Trinajstić information content (AvgIpc) is 2.91. The minimum atomic E-state index is -4.13. The number of halogens is 1. The van der Waals surface area contributed by atoms with Crippen LogP contribution >= 0.6 is 11.6 Å². The maximum absolute atomic E-state index is 13.9. The molecule has 38 heavy (non-hydrogen) atoms. The molecule has 9 heteroatoms. The van der Waals surface area contributed by atoms with Gasteiger partial charge in [0.1, 0.15) is 12.6 Å². The summed E-state index contributed by atoms with van der Waals surface area (Å²) in [5.74, 6) is -0.723. The van der Waals surface area contributed by atoms with Crippen molar-refractivity contribution in [2.75, 3.05) is 23.9 Å². The Balaban J connectivity index is 2.01. The van der Waals surface area contributed by atoms with E-state index in [4.69, 9.17) is 11.6 Å². The van der Waals surface area contributed by atoms with Crippen LogP contribution in [0.2, 0.25) is 5.02 Å². The van der Waals surface area contributed by atoms with Crippen LogP contribution in [0.15, 0.2) is 83.8 Å². The Bertz CT molecular complexity index is 1330. The Morgan fingerprint density at radius 1 is 0.921 bits per heavy atom. The largest absolute Gasteiger partial charge is 0.355 e. The van der Waals surface area contributed by atoms with Crippen LogP contribution in [0, 0.1) is 6.92 Å². The first-order valence-corrected chi connectivity index (χ1v) is 14.5. The predicted molar refractivity (Wildman–Crippen MR) is 152 cm³/mol. The molecule has 0 aromatic heterocycles. The van der Waals surface area contributed by atoms with Crippen molar-refractivity contribution < 1.29 is 18.0 Å². The molecule has 202 valence electrons. The van der Waals surface area contributed by atoms with E-state index in [1.165, 1.54) is 29.2 Å². The molecule has 0 aliphatic heterocycles. The smallest absolute Gasteiger partial charge is 0.264 e. The summed E-state index contributed by atoms with van der Waals surface area (Å²) in [6.45, 7) is 5.68. The van der Waals surface area contributed by atoms with Gasteiger partial charge in [0.05, 0.1) is 10.6 Å². The van der Waals surface area contributed by atoms with E-state index in [2.05, 4.69) is 5.32 Å². The van der Waals surface area contributed by atoms with E-state index in [1.54, 1.807) is 25.1 Å². The summed E-state index contributed by atoms with van der Waals surface area (Å²) in [5.41, 5.74) is 2.11. The summed E-state index contributed by atoms with van der Waals surface area (Å²) in [6.07, 6.45) is 0.914. The molecule has 0 unspecified atom stereocenters. The van der Waals surface area contributed by atoms with Crippen LogP contribution in [0.5, 0.6) is 0 Å². The number of anilines is 1. The van der Waals surface area contributed by atoms with Gasteiger partial charge in [0.15, 0.2) is 0 Å². The number of para-hydroxylation sites is 1. The third-order valence-electron chi connectivity index (χ3n) is 6.29. The summed E-state index contributed by atoms with van der Waals surface area (Å²) in [4.78, 5) is 28.4. The molecule has 1 N–H and O–H groups in total. The van der Waals surface area contributed by atoms with E-state index >= 15 is 0 Å². The molecule has 0 aliphatic carbocycles. The first-order valence-electron chi connectivity index (χ1n) is 12.6. The van der Waals surface area contributed by atoms with E-state index in [9.17, 15) is 18.0 Å². The Labute approximate surface area is 230 Å². The molecule has 3 rings (SSSR count). The van der Waals surface area contributed by atoms with Gasteiger partial charge in [-0.25, -0.2) is 8.42 Å². The Hall–Kier alpha value is -3.36. The second kappa shape index (κ2) is 13.4. The highest BCUT2D eigenvalue weighted by Gasteiger charge is 2.33. The molecule has 0 aliphatic rings. The molecular formula is C29H34ClN3O4S. The molecule has 3 aromatic carbocycles. The van der Waals surface area contributed by atoms with Gasteiger partial charge in [0.25, 0.3) is 10.0 Å². The SMILES string of the molecule is CCNC(=O)[C@@H](CC)N(CCc1ccccc1)C(=O)CN(c1ccccc1C)S(=O)(=O)c1ccc(Cl)cc1. The molecular weight excluding hydrogens is 522 g/mol. The maximum Gasteiger partial charge on any atom is 0.264 e. The second-order valence-corrected chi connectivity index (χ2v) is 11.2. The molecule has 2 amide bonds. The molecule has 0 radical (unpaired) electrons. The van der Waals surface area contributed by atoms with Gasteiger partial charge in [-0.3, -0.25) is 13.9 Å². The number of likely N-dealkylation sites (N-methyl/N-ethyl adjacent to an activating group) is 1. The number of carbonyl (C=O) groups is 2. The second-order valence-electron chi connectivity index (χ2n) is 8.89. The molecule has 0 bridgehead atoms. The number of rotatable bonds is 12. The molecule has 0 fully saturated rings. The Morgan fingerprint density at radius 2 is 1.55 bits per heavy atom. The summed E-state index contributed by atoms with van der Waals surface area (Å²) < 4.78 is 28.8. The summed E-state index contributed by atoms with van der Waals surface area (Å²) in [7, 11) is -4.13. The zero-order chi connectivity index (χ0) is 27.7. The van der Waals surface area contributed by atoms with Gasteiger partial charge in [-0.05, 0) is 68.1 Å². The molecule has 7 nitrogen and oxygen atoms in total. The van der Waals surface area contributed by atoms with Crippen molar-refractivity contribution in [1.82, 2.24) is 10.2 Å². The van der Waals surface area contributed by atoms with Crippen LogP contribution in [0.25, 0.3) is 0 Å². The number of nitrogens with zero attached hydrogens (tertiary/aromatic N) is 2. The standard InChI is InChI=1S/C29H34ClN3O4S/c1-4-26(29(35)31-5-2)32(20-19-23-12-7-6-8-13-23)28(34)21-33(27-14-10-9-11-22(27)3)38(36,37)25-17-15-24(30)16-18-25/h6-18,26H,4-5,19-21H2,1-3H3,(H,31,35)/t26-/m1/s1. The summed E-state index contributed by atoms with van der Waals surface area (Å²) >= 11 is 5.99. The van der Waals surface area contributed by atoms with Gasteiger partial charge < -0.3 is 10.2 Å².